The summed E-state index contributed by atoms with van der Waals surface area (Å²) in [6.45, 7) is 0.601. The van der Waals surface area contributed by atoms with Crippen LogP contribution in [0.4, 0.5) is 0 Å². The molecule has 24 heavy (non-hydrogen) atoms. The van der Waals surface area contributed by atoms with Gasteiger partial charge in [0.2, 0.25) is 0 Å². The van der Waals surface area contributed by atoms with E-state index < -0.39 is 9.84 Å². The summed E-state index contributed by atoms with van der Waals surface area (Å²) in [5, 5.41) is 11.9. The fourth-order valence-corrected chi connectivity index (χ4v) is 4.94. The molecule has 0 bridgehead atoms. The second-order valence-electron chi connectivity index (χ2n) is 5.25. The molecule has 0 amide bonds. The molecule has 1 heterocycles. The Balaban J connectivity index is 1.68. The van der Waals surface area contributed by atoms with Gasteiger partial charge < -0.3 is 19.9 Å². The molecule has 2 N–H and O–H groups in total. The summed E-state index contributed by atoms with van der Waals surface area (Å²) in [6, 6.07) is 7.19. The van der Waals surface area contributed by atoms with Crippen LogP contribution in [-0.2, 0) is 9.84 Å². The van der Waals surface area contributed by atoms with Gasteiger partial charge in [0.25, 0.3) is 0 Å². The Morgan fingerprint density at radius 3 is 2.54 bits per heavy atom. The third-order valence-corrected chi connectivity index (χ3v) is 6.32. The fourth-order valence-electron chi connectivity index (χ4n) is 2.25. The SMILES string of the molecule is O=S1(=O)CC[C@H](NC(=S)SCCOc2ccccc2OCCO)C1. The van der Waals surface area contributed by atoms with E-state index in [2.05, 4.69) is 5.32 Å². The number of benzene rings is 1. The molecule has 0 aromatic heterocycles. The van der Waals surface area contributed by atoms with Crippen LogP contribution in [0, 0.1) is 0 Å². The van der Waals surface area contributed by atoms with Crippen molar-refractivity contribution in [3.05, 3.63) is 24.3 Å². The number of thiocarbonyl (C=S) groups is 1. The van der Waals surface area contributed by atoms with Crippen LogP contribution in [0.2, 0.25) is 0 Å². The summed E-state index contributed by atoms with van der Waals surface area (Å²) >= 11 is 6.65. The number of aliphatic hydroxyl groups is 1. The third-order valence-electron chi connectivity index (χ3n) is 3.33. The molecule has 6 nitrogen and oxygen atoms in total. The zero-order chi connectivity index (χ0) is 17.4. The highest BCUT2D eigenvalue weighted by atomic mass is 32.2. The van der Waals surface area contributed by atoms with Crippen LogP contribution < -0.4 is 14.8 Å². The van der Waals surface area contributed by atoms with Gasteiger partial charge in [-0.05, 0) is 18.6 Å². The lowest BCUT2D eigenvalue weighted by Gasteiger charge is -2.14. The zero-order valence-electron chi connectivity index (χ0n) is 13.1. The highest BCUT2D eigenvalue weighted by Crippen LogP contribution is 2.26. The molecule has 1 aliphatic rings. The molecule has 1 fully saturated rings. The first-order chi connectivity index (χ1) is 11.5. The topological polar surface area (TPSA) is 84.9 Å². The lowest BCUT2D eigenvalue weighted by molar-refractivity contribution is 0.194. The van der Waals surface area contributed by atoms with Crippen molar-refractivity contribution in [2.75, 3.05) is 37.1 Å². The molecule has 0 aliphatic carbocycles. The molecular weight excluding hydrogens is 370 g/mol. The van der Waals surface area contributed by atoms with Gasteiger partial charge in [-0.2, -0.15) is 0 Å². The molecule has 2 rings (SSSR count). The van der Waals surface area contributed by atoms with Crippen LogP contribution >= 0.6 is 24.0 Å². The number of aliphatic hydroxyl groups excluding tert-OH is 1. The first-order valence-electron chi connectivity index (χ1n) is 7.59. The number of thioether (sulfide) groups is 1. The quantitative estimate of drug-likeness (QED) is 0.506. The number of para-hydroxylation sites is 2. The van der Waals surface area contributed by atoms with E-state index in [0.717, 1.165) is 0 Å². The van der Waals surface area contributed by atoms with Gasteiger partial charge in [0.15, 0.2) is 21.3 Å². The Morgan fingerprint density at radius 1 is 1.29 bits per heavy atom. The number of rotatable bonds is 8. The summed E-state index contributed by atoms with van der Waals surface area (Å²) in [7, 11) is -2.90. The molecule has 1 atom stereocenters. The maximum atomic E-state index is 11.4. The van der Waals surface area contributed by atoms with Gasteiger partial charge in [-0.15, -0.1) is 0 Å². The lowest BCUT2D eigenvalue weighted by Crippen LogP contribution is -2.33. The average Bonchev–Trinajstić information content (AvgIpc) is 2.89. The lowest BCUT2D eigenvalue weighted by atomic mass is 10.3. The normalized spacial score (nSPS) is 19.0. The molecule has 0 spiro atoms. The predicted octanol–water partition coefficient (Wildman–Crippen LogP) is 1.23. The molecule has 134 valence electrons. The predicted molar refractivity (Wildman–Crippen MR) is 99.8 cm³/mol. The van der Waals surface area contributed by atoms with Crippen molar-refractivity contribution < 1.29 is 23.0 Å². The van der Waals surface area contributed by atoms with E-state index in [4.69, 9.17) is 26.8 Å². The van der Waals surface area contributed by atoms with E-state index >= 15 is 0 Å². The highest BCUT2D eigenvalue weighted by molar-refractivity contribution is 8.23. The molecule has 1 saturated heterocycles. The van der Waals surface area contributed by atoms with Gasteiger partial charge in [-0.3, -0.25) is 0 Å². The largest absolute Gasteiger partial charge is 0.489 e. The standard InChI is InChI=1S/C15H21NO5S3/c17-6-7-20-13-3-1-2-4-14(13)21-8-9-23-15(22)16-12-5-10-24(18,19)11-12/h1-4,12,17H,5-11H2,(H,16,22)/t12-/m0/s1. The monoisotopic (exact) mass is 391 g/mol. The van der Waals surface area contributed by atoms with Crippen molar-refractivity contribution in [3.63, 3.8) is 0 Å². The summed E-state index contributed by atoms with van der Waals surface area (Å²) in [6.07, 6.45) is 0.606. The first-order valence-corrected chi connectivity index (χ1v) is 10.8. The second kappa shape index (κ2) is 9.45. The molecule has 1 aliphatic heterocycles. The minimum absolute atomic E-state index is 0.0546. The second-order valence-corrected chi connectivity index (χ2v) is 9.25. The van der Waals surface area contributed by atoms with Gasteiger partial charge in [0, 0.05) is 11.8 Å². The van der Waals surface area contributed by atoms with Crippen molar-refractivity contribution in [1.29, 1.82) is 0 Å². The average molecular weight is 392 g/mol. The molecular formula is C15H21NO5S3. The van der Waals surface area contributed by atoms with Crippen LogP contribution in [0.25, 0.3) is 0 Å². The molecule has 0 saturated carbocycles. The van der Waals surface area contributed by atoms with Crippen molar-refractivity contribution >= 4 is 38.1 Å². The Morgan fingerprint density at radius 2 is 1.96 bits per heavy atom. The van der Waals surface area contributed by atoms with Gasteiger partial charge in [0.05, 0.1) is 24.7 Å². The van der Waals surface area contributed by atoms with Crippen LogP contribution in [0.15, 0.2) is 24.3 Å². The van der Waals surface area contributed by atoms with Crippen molar-refractivity contribution in [1.82, 2.24) is 5.32 Å². The van der Waals surface area contributed by atoms with Crippen molar-refractivity contribution in [3.8, 4) is 11.5 Å². The van der Waals surface area contributed by atoms with E-state index in [9.17, 15) is 8.42 Å². The van der Waals surface area contributed by atoms with Gasteiger partial charge in [0.1, 0.15) is 10.9 Å². The van der Waals surface area contributed by atoms with Crippen molar-refractivity contribution in [2.24, 2.45) is 0 Å². The summed E-state index contributed by atoms with van der Waals surface area (Å²) in [5.41, 5.74) is 0. The van der Waals surface area contributed by atoms with E-state index in [1.165, 1.54) is 11.8 Å². The summed E-state index contributed by atoms with van der Waals surface area (Å²) < 4.78 is 34.5. The minimum atomic E-state index is -2.90. The van der Waals surface area contributed by atoms with Gasteiger partial charge in [-0.25, -0.2) is 8.42 Å². The number of ether oxygens (including phenoxy) is 2. The Hall–Kier alpha value is -1.03. The first kappa shape index (κ1) is 19.3. The summed E-state index contributed by atoms with van der Waals surface area (Å²) in [4.78, 5) is 0. The third kappa shape index (κ3) is 6.46. The number of sulfone groups is 1. The zero-order valence-corrected chi connectivity index (χ0v) is 15.6. The van der Waals surface area contributed by atoms with E-state index in [1.807, 2.05) is 12.1 Å². The van der Waals surface area contributed by atoms with Crippen LogP contribution in [0.5, 0.6) is 11.5 Å². The molecule has 0 unspecified atom stereocenters. The maximum absolute atomic E-state index is 11.4. The Labute approximate surface area is 151 Å². The smallest absolute Gasteiger partial charge is 0.161 e. The van der Waals surface area contributed by atoms with Gasteiger partial charge in [-0.1, -0.05) is 36.1 Å². The Kier molecular flexibility index (Phi) is 7.60. The molecule has 0 radical (unpaired) electrons. The fraction of sp³-hybridized carbons (Fsp3) is 0.533. The van der Waals surface area contributed by atoms with Crippen molar-refractivity contribution in [2.45, 2.75) is 12.5 Å². The highest BCUT2D eigenvalue weighted by Gasteiger charge is 2.28. The molecule has 1 aromatic carbocycles. The molecule has 9 heteroatoms. The number of nitrogens with one attached hydrogen (secondary N) is 1. The van der Waals surface area contributed by atoms with Crippen LogP contribution in [0.1, 0.15) is 6.42 Å². The van der Waals surface area contributed by atoms with E-state index in [0.29, 0.717) is 34.6 Å². The number of hydrogen-bond acceptors (Lipinski definition) is 7. The maximum Gasteiger partial charge on any atom is 0.161 e. The van der Waals surface area contributed by atoms with E-state index in [1.54, 1.807) is 12.1 Å². The van der Waals surface area contributed by atoms with E-state index in [-0.39, 0.29) is 30.8 Å². The minimum Gasteiger partial charge on any atom is -0.489 e. The molecule has 1 aromatic rings. The Bertz CT molecular complexity index is 650. The number of hydrogen-bond donors (Lipinski definition) is 2. The van der Waals surface area contributed by atoms with Crippen LogP contribution in [-0.4, -0.2) is 61.0 Å². The van der Waals surface area contributed by atoms with Gasteiger partial charge >= 0.3 is 0 Å². The van der Waals surface area contributed by atoms with Crippen LogP contribution in [0.3, 0.4) is 0 Å². The summed E-state index contributed by atoms with van der Waals surface area (Å²) in [5.74, 6) is 2.23.